The number of nitrogens with zero attached hydrogens (tertiary/aromatic N) is 1. The van der Waals surface area contributed by atoms with Gasteiger partial charge in [0, 0.05) is 34.4 Å². The van der Waals surface area contributed by atoms with Gasteiger partial charge in [0.1, 0.15) is 0 Å². The number of benzene rings is 1. The highest BCUT2D eigenvalue weighted by Crippen LogP contribution is 2.21. The molecule has 0 radical (unpaired) electrons. The number of fused-ring (bicyclic) bond motifs is 1. The smallest absolute Gasteiger partial charge is 0.193 e. The molecule has 1 aromatic carbocycles. The van der Waals surface area contributed by atoms with Crippen LogP contribution in [0.1, 0.15) is 12.5 Å². The molecular formula is C15H15ClN2O. The molecule has 19 heavy (non-hydrogen) atoms. The summed E-state index contributed by atoms with van der Waals surface area (Å²) in [6.45, 7) is 5.89. The number of hydrogen-bond acceptors (Lipinski definition) is 2. The topological polar surface area (TPSA) is 48.0 Å². The highest BCUT2D eigenvalue weighted by atomic mass is 35.5. The molecule has 0 amide bonds. The van der Waals surface area contributed by atoms with Crippen molar-refractivity contribution in [2.45, 2.75) is 13.5 Å². The minimum absolute atomic E-state index is 0.0510. The molecular weight excluding hydrogens is 260 g/mol. The van der Waals surface area contributed by atoms with E-state index in [-0.39, 0.29) is 12.0 Å². The van der Waals surface area contributed by atoms with E-state index in [1.54, 1.807) is 30.5 Å². The zero-order valence-electron chi connectivity index (χ0n) is 10.7. The van der Waals surface area contributed by atoms with Crippen molar-refractivity contribution in [3.63, 3.8) is 0 Å². The molecule has 1 heterocycles. The molecule has 0 saturated heterocycles. The SMILES string of the molecule is C=CC(=CC)n1cc(CN)c(=O)c2ccc(Cl)cc21. The van der Waals surface area contributed by atoms with Gasteiger partial charge in [0.2, 0.25) is 0 Å². The van der Waals surface area contributed by atoms with Crippen molar-refractivity contribution in [1.82, 2.24) is 4.57 Å². The molecule has 0 atom stereocenters. The lowest BCUT2D eigenvalue weighted by Gasteiger charge is -2.14. The molecule has 0 bridgehead atoms. The van der Waals surface area contributed by atoms with Gasteiger partial charge in [-0.15, -0.1) is 0 Å². The van der Waals surface area contributed by atoms with Gasteiger partial charge in [-0.05, 0) is 31.2 Å². The van der Waals surface area contributed by atoms with Crippen LogP contribution in [0.15, 0.2) is 47.9 Å². The number of allylic oxidation sites excluding steroid dienone is 3. The summed E-state index contributed by atoms with van der Waals surface area (Å²) in [4.78, 5) is 12.2. The van der Waals surface area contributed by atoms with E-state index in [2.05, 4.69) is 6.58 Å². The van der Waals surface area contributed by atoms with Gasteiger partial charge in [0.25, 0.3) is 0 Å². The number of pyridine rings is 1. The first kappa shape index (κ1) is 13.6. The fraction of sp³-hybridized carbons (Fsp3) is 0.133. The van der Waals surface area contributed by atoms with Crippen LogP contribution in [0.5, 0.6) is 0 Å². The molecule has 0 fully saturated rings. The van der Waals surface area contributed by atoms with E-state index < -0.39 is 0 Å². The van der Waals surface area contributed by atoms with Gasteiger partial charge in [-0.1, -0.05) is 24.3 Å². The van der Waals surface area contributed by atoms with Gasteiger partial charge < -0.3 is 10.3 Å². The Kier molecular flexibility index (Phi) is 3.88. The maximum absolute atomic E-state index is 12.2. The number of halogens is 1. The lowest BCUT2D eigenvalue weighted by Crippen LogP contribution is -2.17. The van der Waals surface area contributed by atoms with E-state index in [1.165, 1.54) is 0 Å². The Bertz CT molecular complexity index is 729. The van der Waals surface area contributed by atoms with Crippen LogP contribution in [-0.4, -0.2) is 4.57 Å². The molecule has 2 N–H and O–H groups in total. The fourth-order valence-corrected chi connectivity index (χ4v) is 2.23. The minimum atomic E-state index is -0.0510. The van der Waals surface area contributed by atoms with Crippen molar-refractivity contribution in [3.05, 3.63) is 63.9 Å². The molecule has 4 heteroatoms. The molecule has 3 nitrogen and oxygen atoms in total. The number of aromatic nitrogens is 1. The molecule has 0 aliphatic heterocycles. The van der Waals surface area contributed by atoms with Crippen molar-refractivity contribution in [2.24, 2.45) is 5.73 Å². The van der Waals surface area contributed by atoms with E-state index in [9.17, 15) is 4.79 Å². The van der Waals surface area contributed by atoms with Crippen LogP contribution in [0.2, 0.25) is 5.02 Å². The van der Waals surface area contributed by atoms with Crippen molar-refractivity contribution >= 4 is 28.2 Å². The second-order valence-electron chi connectivity index (χ2n) is 4.14. The van der Waals surface area contributed by atoms with Crippen LogP contribution in [0.3, 0.4) is 0 Å². The molecule has 2 aromatic rings. The second kappa shape index (κ2) is 5.43. The van der Waals surface area contributed by atoms with E-state index in [1.807, 2.05) is 17.6 Å². The molecule has 2 rings (SSSR count). The van der Waals surface area contributed by atoms with E-state index >= 15 is 0 Å². The summed E-state index contributed by atoms with van der Waals surface area (Å²) in [7, 11) is 0. The summed E-state index contributed by atoms with van der Waals surface area (Å²) in [6.07, 6.45) is 5.39. The number of rotatable bonds is 3. The lowest BCUT2D eigenvalue weighted by atomic mass is 10.1. The summed E-state index contributed by atoms with van der Waals surface area (Å²) in [5.41, 5.74) is 7.78. The molecule has 0 aliphatic rings. The van der Waals surface area contributed by atoms with E-state index in [0.29, 0.717) is 16.0 Å². The summed E-state index contributed by atoms with van der Waals surface area (Å²) in [5.74, 6) is 0. The van der Waals surface area contributed by atoms with E-state index in [0.717, 1.165) is 11.2 Å². The van der Waals surface area contributed by atoms with Gasteiger partial charge in [-0.2, -0.15) is 0 Å². The minimum Gasteiger partial charge on any atom is -0.326 e. The van der Waals surface area contributed by atoms with E-state index in [4.69, 9.17) is 17.3 Å². The monoisotopic (exact) mass is 274 g/mol. The van der Waals surface area contributed by atoms with Crippen LogP contribution in [0.4, 0.5) is 0 Å². The predicted octanol–water partition coefficient (Wildman–Crippen LogP) is 3.16. The predicted molar refractivity (Wildman–Crippen MR) is 81.3 cm³/mol. The van der Waals surface area contributed by atoms with Crippen molar-refractivity contribution in [1.29, 1.82) is 0 Å². The van der Waals surface area contributed by atoms with Crippen LogP contribution < -0.4 is 11.2 Å². The third-order valence-corrected chi connectivity index (χ3v) is 3.28. The Hall–Kier alpha value is -1.84. The largest absolute Gasteiger partial charge is 0.326 e. The molecule has 0 spiro atoms. The maximum Gasteiger partial charge on any atom is 0.193 e. The van der Waals surface area contributed by atoms with Crippen molar-refractivity contribution in [2.75, 3.05) is 0 Å². The summed E-state index contributed by atoms with van der Waals surface area (Å²) < 4.78 is 1.89. The van der Waals surface area contributed by atoms with Gasteiger partial charge in [-0.3, -0.25) is 4.79 Å². The Balaban J connectivity index is 2.96. The van der Waals surface area contributed by atoms with Gasteiger partial charge in [0.05, 0.1) is 5.52 Å². The Labute approximate surface area is 116 Å². The van der Waals surface area contributed by atoms with Gasteiger partial charge in [0.15, 0.2) is 5.43 Å². The first-order chi connectivity index (χ1) is 9.12. The molecule has 98 valence electrons. The molecule has 0 unspecified atom stereocenters. The van der Waals surface area contributed by atoms with Crippen molar-refractivity contribution in [3.8, 4) is 0 Å². The Morgan fingerprint density at radius 3 is 2.84 bits per heavy atom. The maximum atomic E-state index is 12.2. The van der Waals surface area contributed by atoms with Crippen molar-refractivity contribution < 1.29 is 0 Å². The highest BCUT2D eigenvalue weighted by Gasteiger charge is 2.09. The standard InChI is InChI=1S/C15H15ClN2O/c1-3-12(4-2)18-9-10(8-17)15(19)13-6-5-11(16)7-14(13)18/h3-7,9H,1,8,17H2,2H3. The van der Waals surface area contributed by atoms with Gasteiger partial charge >= 0.3 is 0 Å². The molecule has 0 saturated carbocycles. The number of nitrogens with two attached hydrogens (primary N) is 1. The van der Waals surface area contributed by atoms with Gasteiger partial charge in [-0.25, -0.2) is 0 Å². The fourth-order valence-electron chi connectivity index (χ4n) is 2.07. The highest BCUT2D eigenvalue weighted by molar-refractivity contribution is 6.31. The van der Waals surface area contributed by atoms with Crippen LogP contribution in [-0.2, 0) is 6.54 Å². The van der Waals surface area contributed by atoms with Crippen LogP contribution in [0.25, 0.3) is 16.6 Å². The Morgan fingerprint density at radius 1 is 1.53 bits per heavy atom. The summed E-state index contributed by atoms with van der Waals surface area (Å²) in [6, 6.07) is 5.21. The average molecular weight is 275 g/mol. The first-order valence-corrected chi connectivity index (χ1v) is 6.33. The summed E-state index contributed by atoms with van der Waals surface area (Å²) in [5, 5.41) is 1.19. The quantitative estimate of drug-likeness (QED) is 0.874. The third-order valence-electron chi connectivity index (χ3n) is 3.04. The van der Waals surface area contributed by atoms with Crippen LogP contribution in [0, 0.1) is 0 Å². The average Bonchev–Trinajstić information content (AvgIpc) is 2.42. The first-order valence-electron chi connectivity index (χ1n) is 5.95. The second-order valence-corrected chi connectivity index (χ2v) is 4.57. The third kappa shape index (κ3) is 2.35. The zero-order valence-corrected chi connectivity index (χ0v) is 11.4. The molecule has 0 aliphatic carbocycles. The molecule has 1 aromatic heterocycles. The normalized spacial score (nSPS) is 11.8. The van der Waals surface area contributed by atoms with Crippen LogP contribution >= 0.6 is 11.6 Å². The zero-order chi connectivity index (χ0) is 14.0. The lowest BCUT2D eigenvalue weighted by molar-refractivity contribution is 1.01. The Morgan fingerprint density at radius 2 is 2.26 bits per heavy atom. The number of hydrogen-bond donors (Lipinski definition) is 1. The summed E-state index contributed by atoms with van der Waals surface area (Å²) >= 11 is 6.02.